The van der Waals surface area contributed by atoms with E-state index in [1.165, 1.54) is 0 Å². The molecule has 0 radical (unpaired) electrons. The second-order valence-corrected chi connectivity index (χ2v) is 5.14. The summed E-state index contributed by atoms with van der Waals surface area (Å²) in [5.41, 5.74) is 1.78. The molecule has 0 fully saturated rings. The van der Waals surface area contributed by atoms with Gasteiger partial charge in [0.05, 0.1) is 5.56 Å². The number of benzene rings is 2. The van der Waals surface area contributed by atoms with Gasteiger partial charge in [-0.25, -0.2) is 9.78 Å². The van der Waals surface area contributed by atoms with Gasteiger partial charge in [-0.1, -0.05) is 12.1 Å². The molecule has 4 rings (SSSR count). The Morgan fingerprint density at radius 1 is 1.17 bits per heavy atom. The number of hydrogen-bond acceptors (Lipinski definition) is 6. The van der Waals surface area contributed by atoms with Crippen LogP contribution in [0, 0.1) is 0 Å². The van der Waals surface area contributed by atoms with E-state index < -0.39 is 12.1 Å². The Bertz CT molecular complexity index is 853. The summed E-state index contributed by atoms with van der Waals surface area (Å²) in [5, 5.41) is 0. The summed E-state index contributed by atoms with van der Waals surface area (Å²) in [5.74, 6) is 1.04. The summed E-state index contributed by atoms with van der Waals surface area (Å²) in [6, 6.07) is 12.3. The lowest BCUT2D eigenvalue weighted by atomic mass is 10.2. The highest BCUT2D eigenvalue weighted by Crippen LogP contribution is 2.33. The minimum absolute atomic E-state index is 0.160. The Labute approximate surface area is 131 Å². The first-order valence-corrected chi connectivity index (χ1v) is 7.17. The molecule has 3 aromatic rings. The third kappa shape index (κ3) is 2.48. The van der Waals surface area contributed by atoms with Gasteiger partial charge in [0.15, 0.2) is 23.2 Å². The van der Waals surface area contributed by atoms with E-state index in [2.05, 4.69) is 4.98 Å². The van der Waals surface area contributed by atoms with Crippen molar-refractivity contribution in [1.29, 1.82) is 0 Å². The molecule has 2 aromatic carbocycles. The van der Waals surface area contributed by atoms with Crippen molar-refractivity contribution in [2.24, 2.45) is 0 Å². The topological polar surface area (TPSA) is 70.8 Å². The van der Waals surface area contributed by atoms with Crippen LogP contribution < -0.4 is 9.47 Å². The van der Waals surface area contributed by atoms with Gasteiger partial charge in [0.25, 0.3) is 0 Å². The van der Waals surface area contributed by atoms with E-state index in [-0.39, 0.29) is 6.79 Å². The van der Waals surface area contributed by atoms with E-state index in [9.17, 15) is 4.79 Å². The van der Waals surface area contributed by atoms with Crippen molar-refractivity contribution < 1.29 is 23.4 Å². The molecule has 6 heteroatoms. The van der Waals surface area contributed by atoms with Crippen LogP contribution in [0.3, 0.4) is 0 Å². The Balaban J connectivity index is 1.53. The van der Waals surface area contributed by atoms with Gasteiger partial charge < -0.3 is 18.6 Å². The van der Waals surface area contributed by atoms with Crippen molar-refractivity contribution in [3.8, 4) is 11.5 Å². The Hall–Kier alpha value is -3.02. The zero-order valence-electron chi connectivity index (χ0n) is 12.3. The smallest absolute Gasteiger partial charge is 0.339 e. The number of hydrogen-bond donors (Lipinski definition) is 0. The lowest BCUT2D eigenvalue weighted by Crippen LogP contribution is -2.09. The average Bonchev–Trinajstić information content (AvgIpc) is 3.20. The van der Waals surface area contributed by atoms with E-state index >= 15 is 0 Å². The highest BCUT2D eigenvalue weighted by atomic mass is 16.7. The van der Waals surface area contributed by atoms with Crippen LogP contribution in [0.1, 0.15) is 29.3 Å². The van der Waals surface area contributed by atoms with Crippen molar-refractivity contribution in [2.45, 2.75) is 13.0 Å². The number of para-hydroxylation sites is 2. The highest BCUT2D eigenvalue weighted by Gasteiger charge is 2.21. The fraction of sp³-hybridized carbons (Fsp3) is 0.176. The molecule has 0 N–H and O–H groups in total. The van der Waals surface area contributed by atoms with Crippen molar-refractivity contribution in [2.75, 3.05) is 6.79 Å². The second kappa shape index (κ2) is 5.31. The third-order valence-electron chi connectivity index (χ3n) is 3.55. The van der Waals surface area contributed by atoms with Crippen LogP contribution >= 0.6 is 0 Å². The predicted molar refractivity (Wildman–Crippen MR) is 80.4 cm³/mol. The molecule has 0 spiro atoms. The molecule has 0 aliphatic carbocycles. The number of oxazole rings is 1. The standard InChI is InChI=1S/C17H13NO5/c1-10(16-18-12-4-2-3-5-13(12)23-16)22-17(19)11-6-7-14-15(8-11)21-9-20-14/h2-8,10H,9H2,1H3. The third-order valence-corrected chi connectivity index (χ3v) is 3.55. The van der Waals surface area contributed by atoms with Crippen LogP contribution in [-0.4, -0.2) is 17.7 Å². The zero-order valence-corrected chi connectivity index (χ0v) is 12.3. The summed E-state index contributed by atoms with van der Waals surface area (Å²) < 4.78 is 21.5. The van der Waals surface area contributed by atoms with Gasteiger partial charge in [0, 0.05) is 0 Å². The minimum atomic E-state index is -0.597. The SMILES string of the molecule is CC(OC(=O)c1ccc2c(c1)OCO2)c1nc2ccccc2o1. The first kappa shape index (κ1) is 13.6. The largest absolute Gasteiger partial charge is 0.454 e. The van der Waals surface area contributed by atoms with Crippen LogP contribution in [-0.2, 0) is 4.74 Å². The highest BCUT2D eigenvalue weighted by molar-refractivity contribution is 5.90. The maximum absolute atomic E-state index is 12.3. The number of esters is 1. The molecule has 1 atom stereocenters. The number of ether oxygens (including phenoxy) is 3. The fourth-order valence-electron chi connectivity index (χ4n) is 2.37. The Morgan fingerprint density at radius 2 is 2.00 bits per heavy atom. The molecule has 2 heterocycles. The summed E-state index contributed by atoms with van der Waals surface area (Å²) in [6.45, 7) is 1.88. The van der Waals surface area contributed by atoms with E-state index in [4.69, 9.17) is 18.6 Å². The molecule has 23 heavy (non-hydrogen) atoms. The molecule has 6 nitrogen and oxygen atoms in total. The van der Waals surface area contributed by atoms with Gasteiger partial charge >= 0.3 is 5.97 Å². The molecule has 0 bridgehead atoms. The van der Waals surface area contributed by atoms with Crippen LogP contribution in [0.4, 0.5) is 0 Å². The average molecular weight is 311 g/mol. The monoisotopic (exact) mass is 311 g/mol. The van der Waals surface area contributed by atoms with Gasteiger partial charge in [-0.15, -0.1) is 0 Å². The molecule has 1 unspecified atom stereocenters. The molecular formula is C17H13NO5. The first-order chi connectivity index (χ1) is 11.2. The van der Waals surface area contributed by atoms with Crippen molar-refractivity contribution in [3.63, 3.8) is 0 Å². The number of aromatic nitrogens is 1. The van der Waals surface area contributed by atoms with Gasteiger partial charge in [0.1, 0.15) is 5.52 Å². The van der Waals surface area contributed by atoms with Crippen LogP contribution in [0.5, 0.6) is 11.5 Å². The summed E-state index contributed by atoms with van der Waals surface area (Å²) >= 11 is 0. The summed E-state index contributed by atoms with van der Waals surface area (Å²) in [6.07, 6.45) is -0.597. The van der Waals surface area contributed by atoms with Crippen molar-refractivity contribution in [1.82, 2.24) is 4.98 Å². The van der Waals surface area contributed by atoms with Gasteiger partial charge in [-0.05, 0) is 37.3 Å². The van der Waals surface area contributed by atoms with Gasteiger partial charge in [-0.3, -0.25) is 0 Å². The molecule has 0 amide bonds. The number of carbonyl (C=O) groups is 1. The normalized spacial score (nSPS) is 14.0. The molecule has 116 valence electrons. The lowest BCUT2D eigenvalue weighted by molar-refractivity contribution is 0.0282. The van der Waals surface area contributed by atoms with E-state index in [0.717, 1.165) is 5.52 Å². The van der Waals surface area contributed by atoms with E-state index in [0.29, 0.717) is 28.5 Å². The van der Waals surface area contributed by atoms with Crippen LogP contribution in [0.15, 0.2) is 46.9 Å². The number of carbonyl (C=O) groups excluding carboxylic acids is 1. The van der Waals surface area contributed by atoms with Crippen molar-refractivity contribution >= 4 is 17.1 Å². The summed E-state index contributed by atoms with van der Waals surface area (Å²) in [7, 11) is 0. The first-order valence-electron chi connectivity index (χ1n) is 7.17. The molecular weight excluding hydrogens is 298 g/mol. The molecule has 1 aromatic heterocycles. The maximum Gasteiger partial charge on any atom is 0.339 e. The predicted octanol–water partition coefficient (Wildman–Crippen LogP) is 3.47. The van der Waals surface area contributed by atoms with Gasteiger partial charge in [0.2, 0.25) is 12.7 Å². The van der Waals surface area contributed by atoms with Crippen LogP contribution in [0.25, 0.3) is 11.1 Å². The number of fused-ring (bicyclic) bond motifs is 2. The van der Waals surface area contributed by atoms with Crippen LogP contribution in [0.2, 0.25) is 0 Å². The lowest BCUT2D eigenvalue weighted by Gasteiger charge is -2.10. The molecule has 0 saturated heterocycles. The Kier molecular flexibility index (Phi) is 3.15. The zero-order chi connectivity index (χ0) is 15.8. The second-order valence-electron chi connectivity index (χ2n) is 5.14. The van der Waals surface area contributed by atoms with E-state index in [1.807, 2.05) is 24.3 Å². The fourth-order valence-corrected chi connectivity index (χ4v) is 2.37. The quantitative estimate of drug-likeness (QED) is 0.690. The number of rotatable bonds is 3. The van der Waals surface area contributed by atoms with E-state index in [1.54, 1.807) is 25.1 Å². The summed E-state index contributed by atoms with van der Waals surface area (Å²) in [4.78, 5) is 16.6. The maximum atomic E-state index is 12.3. The van der Waals surface area contributed by atoms with Gasteiger partial charge in [-0.2, -0.15) is 0 Å². The van der Waals surface area contributed by atoms with Crippen molar-refractivity contribution in [3.05, 3.63) is 53.9 Å². The Morgan fingerprint density at radius 3 is 2.87 bits per heavy atom. The molecule has 1 aliphatic rings. The molecule has 0 saturated carbocycles. The molecule has 1 aliphatic heterocycles. The number of nitrogens with zero attached hydrogens (tertiary/aromatic N) is 1. The minimum Gasteiger partial charge on any atom is -0.454 e.